The number of carbonyl (C=O) groups excluding carboxylic acids is 2. The molecule has 3 aromatic rings. The number of nitrogens with one attached hydrogen (secondary N) is 2. The van der Waals surface area contributed by atoms with E-state index in [-0.39, 0.29) is 30.8 Å². The first-order chi connectivity index (χ1) is 15.4. The number of para-hydroxylation sites is 1. The number of carbonyl (C=O) groups is 2. The van der Waals surface area contributed by atoms with E-state index >= 15 is 0 Å². The maximum atomic E-state index is 13.4. The minimum Gasteiger partial charge on any atom is -0.465 e. The molecule has 0 aliphatic heterocycles. The van der Waals surface area contributed by atoms with Crippen LogP contribution < -0.4 is 10.6 Å². The van der Waals surface area contributed by atoms with Crippen molar-refractivity contribution in [2.75, 3.05) is 6.54 Å². The third-order valence-electron chi connectivity index (χ3n) is 5.59. The molecule has 1 aliphatic rings. The fraction of sp³-hybridized carbons (Fsp3) is 0.346. The van der Waals surface area contributed by atoms with E-state index in [1.165, 1.54) is 0 Å². The second kappa shape index (κ2) is 9.39. The summed E-state index contributed by atoms with van der Waals surface area (Å²) in [6, 6.07) is 11.6. The van der Waals surface area contributed by atoms with Crippen LogP contribution in [0.3, 0.4) is 0 Å². The molecule has 0 bridgehead atoms. The molecule has 4 rings (SSSR count). The van der Waals surface area contributed by atoms with Crippen molar-refractivity contribution >= 4 is 34.4 Å². The van der Waals surface area contributed by atoms with Crippen LogP contribution in [0.4, 0.5) is 0 Å². The lowest BCUT2D eigenvalue weighted by Crippen LogP contribution is -2.34. The van der Waals surface area contributed by atoms with Gasteiger partial charge in [-0.25, -0.2) is 4.98 Å². The molecular weight excluding hydrogens is 402 g/mol. The molecule has 6 heteroatoms. The smallest absolute Gasteiger partial charge is 0.252 e. The van der Waals surface area contributed by atoms with Crippen LogP contribution in [0.5, 0.6) is 0 Å². The predicted molar refractivity (Wildman–Crippen MR) is 126 cm³/mol. The highest BCUT2D eigenvalue weighted by molar-refractivity contribution is 6.09. The SMILES string of the molecule is CC1CC(=Cc2ccco2)c2nc3ccccc3c(C(=O)NCCC(=O)NC(C)C)c2C1. The van der Waals surface area contributed by atoms with E-state index in [4.69, 9.17) is 9.40 Å². The van der Waals surface area contributed by atoms with Crippen LogP contribution in [0.2, 0.25) is 0 Å². The van der Waals surface area contributed by atoms with E-state index in [1.54, 1.807) is 6.26 Å². The van der Waals surface area contributed by atoms with E-state index in [0.717, 1.165) is 46.3 Å². The Morgan fingerprint density at radius 2 is 2.00 bits per heavy atom. The number of rotatable bonds is 6. The van der Waals surface area contributed by atoms with Crippen LogP contribution in [0, 0.1) is 5.92 Å². The van der Waals surface area contributed by atoms with Crippen LogP contribution in [0.25, 0.3) is 22.6 Å². The molecule has 0 saturated heterocycles. The van der Waals surface area contributed by atoms with Gasteiger partial charge in [0.25, 0.3) is 5.91 Å². The van der Waals surface area contributed by atoms with Crippen molar-refractivity contribution < 1.29 is 14.0 Å². The van der Waals surface area contributed by atoms with Gasteiger partial charge in [0.1, 0.15) is 5.76 Å². The summed E-state index contributed by atoms with van der Waals surface area (Å²) in [6.07, 6.45) is 5.57. The molecule has 2 amide bonds. The minimum absolute atomic E-state index is 0.0702. The summed E-state index contributed by atoms with van der Waals surface area (Å²) in [5.74, 6) is 0.912. The third-order valence-corrected chi connectivity index (χ3v) is 5.59. The Hall–Kier alpha value is -3.41. The van der Waals surface area contributed by atoms with Crippen LogP contribution >= 0.6 is 0 Å². The first-order valence-electron chi connectivity index (χ1n) is 11.2. The Labute approximate surface area is 188 Å². The average Bonchev–Trinajstić information content (AvgIpc) is 3.24. The van der Waals surface area contributed by atoms with Crippen LogP contribution in [0.15, 0.2) is 47.1 Å². The molecule has 0 fully saturated rings. The van der Waals surface area contributed by atoms with Crippen molar-refractivity contribution in [3.05, 3.63) is 65.2 Å². The van der Waals surface area contributed by atoms with Crippen LogP contribution in [-0.2, 0) is 11.2 Å². The Morgan fingerprint density at radius 1 is 1.19 bits per heavy atom. The maximum Gasteiger partial charge on any atom is 0.252 e. The number of pyridine rings is 1. The Kier molecular flexibility index (Phi) is 6.40. The number of allylic oxidation sites excluding steroid dienone is 1. The first kappa shape index (κ1) is 21.8. The number of hydrogen-bond acceptors (Lipinski definition) is 4. The normalized spacial score (nSPS) is 16.9. The quantitative estimate of drug-likeness (QED) is 0.598. The molecule has 1 unspecified atom stereocenters. The summed E-state index contributed by atoms with van der Waals surface area (Å²) >= 11 is 0. The summed E-state index contributed by atoms with van der Waals surface area (Å²) < 4.78 is 5.53. The number of fused-ring (bicyclic) bond motifs is 2. The second-order valence-corrected chi connectivity index (χ2v) is 8.76. The van der Waals surface area contributed by atoms with Gasteiger partial charge in [0.15, 0.2) is 0 Å². The van der Waals surface area contributed by atoms with Gasteiger partial charge in [-0.2, -0.15) is 0 Å². The van der Waals surface area contributed by atoms with Crippen molar-refractivity contribution in [2.24, 2.45) is 5.92 Å². The van der Waals surface area contributed by atoms with Crippen molar-refractivity contribution in [1.82, 2.24) is 15.6 Å². The maximum absolute atomic E-state index is 13.4. The number of furan rings is 1. The lowest BCUT2D eigenvalue weighted by Gasteiger charge is -2.26. The zero-order chi connectivity index (χ0) is 22.7. The molecule has 1 aliphatic carbocycles. The van der Waals surface area contributed by atoms with Gasteiger partial charge < -0.3 is 15.1 Å². The summed E-state index contributed by atoms with van der Waals surface area (Å²) in [6.45, 7) is 6.31. The van der Waals surface area contributed by atoms with E-state index in [1.807, 2.05) is 56.3 Å². The van der Waals surface area contributed by atoms with Gasteiger partial charge in [0.05, 0.1) is 23.0 Å². The molecule has 2 aromatic heterocycles. The van der Waals surface area contributed by atoms with Crippen molar-refractivity contribution in [3.63, 3.8) is 0 Å². The van der Waals surface area contributed by atoms with Gasteiger partial charge in [-0.3, -0.25) is 9.59 Å². The zero-order valence-corrected chi connectivity index (χ0v) is 18.8. The molecule has 1 aromatic carbocycles. The highest BCUT2D eigenvalue weighted by atomic mass is 16.3. The molecule has 2 heterocycles. The largest absolute Gasteiger partial charge is 0.465 e. The molecule has 1 atom stereocenters. The topological polar surface area (TPSA) is 84.2 Å². The number of aromatic nitrogens is 1. The van der Waals surface area contributed by atoms with Crippen molar-refractivity contribution in [3.8, 4) is 0 Å². The van der Waals surface area contributed by atoms with Gasteiger partial charge in [0, 0.05) is 24.4 Å². The molecule has 0 radical (unpaired) electrons. The van der Waals surface area contributed by atoms with Crippen LogP contribution in [-0.4, -0.2) is 29.4 Å². The first-order valence-corrected chi connectivity index (χ1v) is 11.2. The van der Waals surface area contributed by atoms with Crippen LogP contribution in [0.1, 0.15) is 61.0 Å². The third kappa shape index (κ3) is 4.74. The second-order valence-electron chi connectivity index (χ2n) is 8.76. The standard InChI is InChI=1S/C26H29N3O3/c1-16(2)28-23(30)10-11-27-26(31)24-20-8-4-5-9-22(20)29-25-18(13-17(3)14-21(24)25)15-19-7-6-12-32-19/h4-9,12,15-17H,10-11,13-14H2,1-3H3,(H,27,31)(H,28,30). The Morgan fingerprint density at radius 3 is 2.75 bits per heavy atom. The average molecular weight is 432 g/mol. The predicted octanol–water partition coefficient (Wildman–Crippen LogP) is 4.60. The minimum atomic E-state index is -0.163. The highest BCUT2D eigenvalue weighted by Crippen LogP contribution is 2.38. The summed E-state index contributed by atoms with van der Waals surface area (Å²) in [5.41, 5.74) is 4.34. The van der Waals surface area contributed by atoms with E-state index in [9.17, 15) is 9.59 Å². The molecular formula is C26H29N3O3. The van der Waals surface area contributed by atoms with E-state index in [0.29, 0.717) is 11.5 Å². The molecule has 0 spiro atoms. The number of benzene rings is 1. The molecule has 2 N–H and O–H groups in total. The lowest BCUT2D eigenvalue weighted by atomic mass is 9.80. The van der Waals surface area contributed by atoms with Gasteiger partial charge in [-0.1, -0.05) is 25.1 Å². The van der Waals surface area contributed by atoms with Crippen molar-refractivity contribution in [1.29, 1.82) is 0 Å². The van der Waals surface area contributed by atoms with Gasteiger partial charge in [-0.05, 0) is 68.0 Å². The Balaban J connectivity index is 1.71. The number of nitrogens with zero attached hydrogens (tertiary/aromatic N) is 1. The summed E-state index contributed by atoms with van der Waals surface area (Å²) in [4.78, 5) is 30.3. The zero-order valence-electron chi connectivity index (χ0n) is 18.8. The molecule has 6 nitrogen and oxygen atoms in total. The number of amides is 2. The van der Waals surface area contributed by atoms with Crippen molar-refractivity contribution in [2.45, 2.75) is 46.1 Å². The summed E-state index contributed by atoms with van der Waals surface area (Å²) in [7, 11) is 0. The molecule has 32 heavy (non-hydrogen) atoms. The fourth-order valence-corrected chi connectivity index (χ4v) is 4.31. The van der Waals surface area contributed by atoms with E-state index in [2.05, 4.69) is 17.6 Å². The van der Waals surface area contributed by atoms with Gasteiger partial charge in [-0.15, -0.1) is 0 Å². The fourth-order valence-electron chi connectivity index (χ4n) is 4.31. The molecule has 166 valence electrons. The Bertz CT molecular complexity index is 1160. The summed E-state index contributed by atoms with van der Waals surface area (Å²) in [5, 5.41) is 6.64. The molecule has 0 saturated carbocycles. The lowest BCUT2D eigenvalue weighted by molar-refractivity contribution is -0.121. The van der Waals surface area contributed by atoms with E-state index < -0.39 is 0 Å². The highest BCUT2D eigenvalue weighted by Gasteiger charge is 2.28. The van der Waals surface area contributed by atoms with Gasteiger partial charge in [0.2, 0.25) is 5.91 Å². The van der Waals surface area contributed by atoms with Gasteiger partial charge >= 0.3 is 0 Å². The number of hydrogen-bond donors (Lipinski definition) is 2. The monoisotopic (exact) mass is 431 g/mol.